The van der Waals surface area contributed by atoms with E-state index in [1.807, 2.05) is 85.1 Å². The van der Waals surface area contributed by atoms with Gasteiger partial charge in [0.25, 0.3) is 0 Å². The third-order valence-corrected chi connectivity index (χ3v) is 9.39. The van der Waals surface area contributed by atoms with E-state index in [0.717, 1.165) is 94.3 Å². The van der Waals surface area contributed by atoms with Gasteiger partial charge in [-0.05, 0) is 54.1 Å². The third kappa shape index (κ3) is 4.60. The predicted octanol–water partition coefficient (Wildman–Crippen LogP) is 12.0. The molecule has 0 bridgehead atoms. The van der Waals surface area contributed by atoms with E-state index in [-0.39, 0.29) is 0 Å². The van der Waals surface area contributed by atoms with Gasteiger partial charge in [-0.25, -0.2) is 9.97 Å². The maximum Gasteiger partial charge on any atom is 0.160 e. The van der Waals surface area contributed by atoms with Crippen molar-refractivity contribution in [2.75, 3.05) is 0 Å². The lowest BCUT2D eigenvalue weighted by molar-refractivity contribution is 0.668. The number of hydrogen-bond donors (Lipinski definition) is 0. The zero-order chi connectivity index (χ0) is 33.0. The second-order valence-electron chi connectivity index (χ2n) is 12.4. The molecule has 0 atom stereocenters. The first-order valence-corrected chi connectivity index (χ1v) is 16.6. The van der Waals surface area contributed by atoms with Crippen molar-refractivity contribution in [3.8, 4) is 56.3 Å². The molecule has 0 unspecified atom stereocenters. The van der Waals surface area contributed by atoms with Crippen LogP contribution in [0.15, 0.2) is 173 Å². The molecule has 5 nitrogen and oxygen atoms in total. The highest BCUT2D eigenvalue weighted by Crippen LogP contribution is 2.43. The number of furan rings is 2. The molecule has 4 aromatic heterocycles. The van der Waals surface area contributed by atoms with E-state index in [1.54, 1.807) is 0 Å². The summed E-state index contributed by atoms with van der Waals surface area (Å²) in [4.78, 5) is 15.1. The van der Waals surface area contributed by atoms with Crippen molar-refractivity contribution >= 4 is 43.9 Å². The first-order valence-electron chi connectivity index (χ1n) is 16.6. The SMILES string of the molecule is c1ccc(-c2nc(-c3ccccc3-c3ccccn3)cc(-c3ccc(-c4ccc5oc6ccccc6c5c4)c4oc5ccccc5c34)n2)cc1. The first-order chi connectivity index (χ1) is 24.8. The number of fused-ring (bicyclic) bond motifs is 6. The lowest BCUT2D eigenvalue weighted by atomic mass is 9.95. The van der Waals surface area contributed by atoms with Crippen LogP contribution in [0.1, 0.15) is 0 Å². The molecular weight excluding hydrogens is 615 g/mol. The number of nitrogens with zero attached hydrogens (tertiary/aromatic N) is 3. The number of rotatable bonds is 5. The van der Waals surface area contributed by atoms with E-state index < -0.39 is 0 Å². The molecule has 6 aromatic carbocycles. The third-order valence-electron chi connectivity index (χ3n) is 9.39. The normalized spacial score (nSPS) is 11.6. The van der Waals surface area contributed by atoms with Crippen LogP contribution in [0.4, 0.5) is 0 Å². The first kappa shape index (κ1) is 28.2. The Morgan fingerprint density at radius 3 is 1.82 bits per heavy atom. The maximum atomic E-state index is 6.71. The van der Waals surface area contributed by atoms with Gasteiger partial charge in [-0.15, -0.1) is 0 Å². The fourth-order valence-electron chi connectivity index (χ4n) is 7.05. The summed E-state index contributed by atoms with van der Waals surface area (Å²) in [6.07, 6.45) is 1.82. The highest BCUT2D eigenvalue weighted by Gasteiger charge is 2.21. The number of hydrogen-bond acceptors (Lipinski definition) is 5. The molecule has 50 heavy (non-hydrogen) atoms. The Labute approximate surface area is 287 Å². The molecule has 0 aliphatic rings. The van der Waals surface area contributed by atoms with Gasteiger partial charge in [-0.3, -0.25) is 4.98 Å². The standard InChI is InChI=1S/C45H27N3O2/c1-2-12-28(13-3-1)45-47-38(32-15-5-4-14-31(32)37-18-10-11-25-46-37)27-39(48-45)34-23-22-30(44-43(34)35-17-7-9-20-41(35)50-44)29-21-24-42-36(26-29)33-16-6-8-19-40(33)49-42/h1-27H. The molecule has 0 saturated carbocycles. The van der Waals surface area contributed by atoms with Crippen LogP contribution in [0.3, 0.4) is 0 Å². The molecule has 234 valence electrons. The fourth-order valence-corrected chi connectivity index (χ4v) is 7.05. The summed E-state index contributed by atoms with van der Waals surface area (Å²) in [5.74, 6) is 0.649. The maximum absolute atomic E-state index is 6.71. The Kier molecular flexibility index (Phi) is 6.42. The van der Waals surface area contributed by atoms with Crippen molar-refractivity contribution in [3.63, 3.8) is 0 Å². The highest BCUT2D eigenvalue weighted by atomic mass is 16.3. The van der Waals surface area contributed by atoms with E-state index in [9.17, 15) is 0 Å². The quantitative estimate of drug-likeness (QED) is 0.187. The van der Waals surface area contributed by atoms with Crippen molar-refractivity contribution in [3.05, 3.63) is 164 Å². The van der Waals surface area contributed by atoms with E-state index in [1.165, 1.54) is 0 Å². The number of pyridine rings is 1. The zero-order valence-electron chi connectivity index (χ0n) is 26.7. The molecule has 5 heteroatoms. The van der Waals surface area contributed by atoms with Crippen molar-refractivity contribution in [2.45, 2.75) is 0 Å². The van der Waals surface area contributed by atoms with Crippen LogP contribution >= 0.6 is 0 Å². The van der Waals surface area contributed by atoms with Gasteiger partial charge in [0, 0.05) is 55.6 Å². The van der Waals surface area contributed by atoms with Gasteiger partial charge in [0.2, 0.25) is 0 Å². The summed E-state index contributed by atoms with van der Waals surface area (Å²) in [6, 6.07) is 53.6. The molecule has 4 heterocycles. The molecule has 0 amide bonds. The van der Waals surface area contributed by atoms with E-state index in [2.05, 4.69) is 83.8 Å². The van der Waals surface area contributed by atoms with Gasteiger partial charge in [-0.2, -0.15) is 0 Å². The monoisotopic (exact) mass is 641 g/mol. The van der Waals surface area contributed by atoms with Crippen molar-refractivity contribution in [1.29, 1.82) is 0 Å². The molecule has 0 aliphatic carbocycles. The number of benzene rings is 6. The molecule has 10 rings (SSSR count). The Morgan fingerprint density at radius 2 is 1.02 bits per heavy atom. The van der Waals surface area contributed by atoms with Crippen LogP contribution in [0, 0.1) is 0 Å². The van der Waals surface area contributed by atoms with Crippen LogP contribution in [-0.4, -0.2) is 15.0 Å². The number of para-hydroxylation sites is 2. The topological polar surface area (TPSA) is 65.0 Å². The minimum Gasteiger partial charge on any atom is -0.456 e. The second kappa shape index (κ2) is 11.4. The molecule has 0 radical (unpaired) electrons. The summed E-state index contributed by atoms with van der Waals surface area (Å²) in [5.41, 5.74) is 11.9. The lowest BCUT2D eigenvalue weighted by Crippen LogP contribution is -1.97. The van der Waals surface area contributed by atoms with Crippen LogP contribution in [0.2, 0.25) is 0 Å². The Balaban J connectivity index is 1.23. The lowest BCUT2D eigenvalue weighted by Gasteiger charge is -2.13. The fraction of sp³-hybridized carbons (Fsp3) is 0. The highest BCUT2D eigenvalue weighted by molar-refractivity contribution is 6.17. The average molecular weight is 642 g/mol. The van der Waals surface area contributed by atoms with Gasteiger partial charge >= 0.3 is 0 Å². The molecule has 0 aliphatic heterocycles. The van der Waals surface area contributed by atoms with E-state index in [0.29, 0.717) is 5.82 Å². The van der Waals surface area contributed by atoms with Gasteiger partial charge in [-0.1, -0.05) is 109 Å². The zero-order valence-corrected chi connectivity index (χ0v) is 26.7. The summed E-state index contributed by atoms with van der Waals surface area (Å²) in [7, 11) is 0. The summed E-state index contributed by atoms with van der Waals surface area (Å²) in [6.45, 7) is 0. The van der Waals surface area contributed by atoms with Gasteiger partial charge < -0.3 is 8.83 Å². The summed E-state index contributed by atoms with van der Waals surface area (Å²) >= 11 is 0. The van der Waals surface area contributed by atoms with Gasteiger partial charge in [0.1, 0.15) is 22.3 Å². The van der Waals surface area contributed by atoms with Crippen molar-refractivity contribution in [1.82, 2.24) is 15.0 Å². The minimum absolute atomic E-state index is 0.649. The van der Waals surface area contributed by atoms with Crippen molar-refractivity contribution < 1.29 is 8.83 Å². The number of aromatic nitrogens is 3. The van der Waals surface area contributed by atoms with Gasteiger partial charge in [0.15, 0.2) is 5.82 Å². The van der Waals surface area contributed by atoms with Crippen LogP contribution in [-0.2, 0) is 0 Å². The predicted molar refractivity (Wildman–Crippen MR) is 202 cm³/mol. The van der Waals surface area contributed by atoms with E-state index in [4.69, 9.17) is 18.8 Å². The van der Waals surface area contributed by atoms with Crippen LogP contribution < -0.4 is 0 Å². The molecule has 0 fully saturated rings. The van der Waals surface area contributed by atoms with Crippen LogP contribution in [0.25, 0.3) is 100 Å². The molecule has 0 saturated heterocycles. The largest absolute Gasteiger partial charge is 0.456 e. The van der Waals surface area contributed by atoms with Gasteiger partial charge in [0.05, 0.1) is 17.1 Å². The van der Waals surface area contributed by atoms with Crippen LogP contribution in [0.5, 0.6) is 0 Å². The van der Waals surface area contributed by atoms with Crippen molar-refractivity contribution in [2.24, 2.45) is 0 Å². The van der Waals surface area contributed by atoms with E-state index >= 15 is 0 Å². The Bertz CT molecular complexity index is 2870. The summed E-state index contributed by atoms with van der Waals surface area (Å²) < 4.78 is 12.9. The smallest absolute Gasteiger partial charge is 0.160 e. The average Bonchev–Trinajstić information content (AvgIpc) is 3.77. The molecule has 0 spiro atoms. The molecular formula is C45H27N3O2. The second-order valence-corrected chi connectivity index (χ2v) is 12.4. The molecule has 10 aromatic rings. The Morgan fingerprint density at radius 1 is 0.380 bits per heavy atom. The molecule has 0 N–H and O–H groups in total. The summed E-state index contributed by atoms with van der Waals surface area (Å²) in [5, 5.41) is 4.21. The Hall–Kier alpha value is -6.85. The minimum atomic E-state index is 0.649.